The second-order valence-electron chi connectivity index (χ2n) is 13.7. The minimum atomic E-state index is -0.925. The van der Waals surface area contributed by atoms with Crippen molar-refractivity contribution in [3.63, 3.8) is 0 Å². The third-order valence-electron chi connectivity index (χ3n) is 10.8. The molecule has 5 fully saturated rings. The Hall–Kier alpha value is -3.49. The van der Waals surface area contributed by atoms with Crippen LogP contribution in [0.1, 0.15) is 44.9 Å². The van der Waals surface area contributed by atoms with Crippen molar-refractivity contribution in [1.82, 2.24) is 29.7 Å². The van der Waals surface area contributed by atoms with Crippen molar-refractivity contribution >= 4 is 43.4 Å². The molecule has 3 aromatic heterocycles. The van der Waals surface area contributed by atoms with Gasteiger partial charge in [0.15, 0.2) is 10.9 Å². The fraction of sp³-hybridized carbons (Fsp3) is 0.562. The Balaban J connectivity index is 1.26. The second-order valence-corrected chi connectivity index (χ2v) is 14.7. The molecule has 3 unspecified atom stereocenters. The number of pyridine rings is 1. The summed E-state index contributed by atoms with van der Waals surface area (Å²) in [5, 5.41) is 3.73. The van der Waals surface area contributed by atoms with Gasteiger partial charge in [0.25, 0.3) is 5.56 Å². The molecule has 1 aromatic carbocycles. The van der Waals surface area contributed by atoms with Crippen LogP contribution >= 0.6 is 11.3 Å². The molecule has 7 heterocycles. The largest absolute Gasteiger partial charge is 0.461 e. The Kier molecular flexibility index (Phi) is 6.56. The first-order chi connectivity index (χ1) is 22.3. The smallest absolute Gasteiger partial charge is 0.319 e. The summed E-state index contributed by atoms with van der Waals surface area (Å²) in [4.78, 5) is 32.8. The van der Waals surface area contributed by atoms with Crippen molar-refractivity contribution in [2.45, 2.75) is 75.3 Å². The molecular weight excluding hydrogens is 617 g/mol. The van der Waals surface area contributed by atoms with Gasteiger partial charge in [0.05, 0.1) is 21.4 Å². The molecule has 9 rings (SSSR count). The van der Waals surface area contributed by atoms with Crippen LogP contribution in [0.2, 0.25) is 0 Å². The Morgan fingerprint density at radius 3 is 2.67 bits per heavy atom. The van der Waals surface area contributed by atoms with Crippen molar-refractivity contribution in [3.8, 4) is 17.3 Å². The molecule has 1 saturated carbocycles. The molecule has 1 aliphatic carbocycles. The Labute approximate surface area is 266 Å². The molecule has 0 amide bonds. The summed E-state index contributed by atoms with van der Waals surface area (Å²) in [5.41, 5.74) is 5.50. The van der Waals surface area contributed by atoms with Gasteiger partial charge in [0.2, 0.25) is 0 Å². The topological polar surface area (TPSA) is 114 Å². The maximum absolute atomic E-state index is 17.3. The van der Waals surface area contributed by atoms with E-state index in [0.717, 1.165) is 69.5 Å². The van der Waals surface area contributed by atoms with Crippen molar-refractivity contribution < 1.29 is 17.9 Å². The first-order valence-corrected chi connectivity index (χ1v) is 17.1. The monoisotopic (exact) mass is 652 g/mol. The summed E-state index contributed by atoms with van der Waals surface area (Å²) >= 11 is 0.983. The van der Waals surface area contributed by atoms with E-state index in [1.807, 2.05) is 0 Å². The Morgan fingerprint density at radius 2 is 1.89 bits per heavy atom. The Morgan fingerprint density at radius 1 is 1.09 bits per heavy atom. The number of nitrogens with two attached hydrogens (primary N) is 1. The van der Waals surface area contributed by atoms with Crippen molar-refractivity contribution in [2.24, 2.45) is 5.92 Å². The van der Waals surface area contributed by atoms with Gasteiger partial charge in [0.1, 0.15) is 35.3 Å². The fourth-order valence-electron chi connectivity index (χ4n) is 8.45. The highest BCUT2D eigenvalue weighted by atomic mass is 32.1. The number of benzene rings is 1. The van der Waals surface area contributed by atoms with E-state index in [4.69, 9.17) is 15.5 Å². The standard InChI is InChI=1S/C32H35F3N8O2S/c33-17-10-32(8-1-9-41(32)14-17)15-45-31-39-25-22(28(40-31)43-18-4-5-19(43)12-37-11-18)29(44)42(13-16-2-3-16)26(23(25)35)20-6-7-21(34)27-24(20)38-30(36)46-27/h6-7,16-19,37H,1-5,8-15H2,(H2,36,38)/t17?,18?,19?,32-/m0/s1. The van der Waals surface area contributed by atoms with Gasteiger partial charge in [-0.3, -0.25) is 9.69 Å². The summed E-state index contributed by atoms with van der Waals surface area (Å²) in [5.74, 6) is -0.614. The van der Waals surface area contributed by atoms with Crippen LogP contribution in [-0.4, -0.2) is 81.0 Å². The van der Waals surface area contributed by atoms with Crippen molar-refractivity contribution in [1.29, 1.82) is 0 Å². The van der Waals surface area contributed by atoms with E-state index in [0.29, 0.717) is 25.3 Å². The molecule has 4 aromatic rings. The molecule has 4 atom stereocenters. The minimum Gasteiger partial charge on any atom is -0.461 e. The molecule has 5 aliphatic rings. The number of fused-ring (bicyclic) bond motifs is 5. The number of nitrogens with one attached hydrogen (secondary N) is 1. The molecular formula is C32H35F3N8O2S. The van der Waals surface area contributed by atoms with Crippen LogP contribution in [0, 0.1) is 17.6 Å². The normalized spacial score (nSPS) is 27.7. The van der Waals surface area contributed by atoms with E-state index in [9.17, 15) is 13.6 Å². The molecule has 3 N–H and O–H groups in total. The van der Waals surface area contributed by atoms with E-state index in [2.05, 4.69) is 25.1 Å². The predicted octanol–water partition coefficient (Wildman–Crippen LogP) is 4.23. The molecule has 0 spiro atoms. The maximum Gasteiger partial charge on any atom is 0.319 e. The van der Waals surface area contributed by atoms with E-state index in [1.54, 1.807) is 0 Å². The van der Waals surface area contributed by atoms with Crippen molar-refractivity contribution in [3.05, 3.63) is 34.1 Å². The van der Waals surface area contributed by atoms with Crippen LogP contribution in [0.25, 0.3) is 32.4 Å². The van der Waals surface area contributed by atoms with Crippen LogP contribution < -0.4 is 26.2 Å². The van der Waals surface area contributed by atoms with Gasteiger partial charge in [-0.25, -0.2) is 18.2 Å². The number of ether oxygens (including phenoxy) is 1. The summed E-state index contributed by atoms with van der Waals surface area (Å²) in [6.45, 7) is 3.13. The van der Waals surface area contributed by atoms with Crippen LogP contribution in [-0.2, 0) is 6.54 Å². The number of nitrogen functional groups attached to an aromatic ring is 1. The predicted molar refractivity (Wildman–Crippen MR) is 170 cm³/mol. The Bertz CT molecular complexity index is 1930. The van der Waals surface area contributed by atoms with Crippen LogP contribution in [0.4, 0.5) is 24.1 Å². The summed E-state index contributed by atoms with van der Waals surface area (Å²) < 4.78 is 54.6. The lowest BCUT2D eigenvalue weighted by atomic mass is 9.95. The highest BCUT2D eigenvalue weighted by molar-refractivity contribution is 7.22. The van der Waals surface area contributed by atoms with Gasteiger partial charge < -0.3 is 25.3 Å². The zero-order chi connectivity index (χ0) is 31.3. The van der Waals surface area contributed by atoms with Gasteiger partial charge in [-0.2, -0.15) is 9.97 Å². The SMILES string of the molecule is Nc1nc2c(-c3c(F)c4nc(OC[C@@]56CCCN5CC(F)C6)nc(N5C6CCC5CNC6)c4c(=O)n3CC3CC3)ccc(F)c2s1. The minimum absolute atomic E-state index is 0.00945. The number of hydrogen-bond donors (Lipinski definition) is 2. The third-order valence-corrected chi connectivity index (χ3v) is 11.7. The number of thiazole rings is 1. The highest BCUT2D eigenvalue weighted by Crippen LogP contribution is 2.43. The highest BCUT2D eigenvalue weighted by Gasteiger charge is 2.49. The van der Waals surface area contributed by atoms with Crippen LogP contribution in [0.15, 0.2) is 16.9 Å². The van der Waals surface area contributed by atoms with Gasteiger partial charge in [0, 0.05) is 50.2 Å². The number of anilines is 2. The number of aromatic nitrogens is 4. The van der Waals surface area contributed by atoms with E-state index in [-0.39, 0.29) is 68.1 Å². The van der Waals surface area contributed by atoms with Gasteiger partial charge in [-0.05, 0) is 63.1 Å². The quantitative estimate of drug-likeness (QED) is 0.303. The average molecular weight is 653 g/mol. The third kappa shape index (κ3) is 4.43. The lowest BCUT2D eigenvalue weighted by Gasteiger charge is -2.37. The van der Waals surface area contributed by atoms with Gasteiger partial charge in [-0.1, -0.05) is 11.3 Å². The molecule has 46 heavy (non-hydrogen) atoms. The molecule has 2 bridgehead atoms. The molecule has 4 aliphatic heterocycles. The molecule has 14 heteroatoms. The summed E-state index contributed by atoms with van der Waals surface area (Å²) in [6, 6.07) is 2.86. The number of piperazine rings is 1. The van der Waals surface area contributed by atoms with E-state index < -0.39 is 28.9 Å². The zero-order valence-electron chi connectivity index (χ0n) is 25.3. The average Bonchev–Trinajstić information content (AvgIpc) is 3.39. The first kappa shape index (κ1) is 28.7. The number of halogens is 3. The number of alkyl halides is 1. The van der Waals surface area contributed by atoms with Gasteiger partial charge >= 0.3 is 6.01 Å². The van der Waals surface area contributed by atoms with E-state index in [1.165, 1.54) is 16.7 Å². The number of hydrogen-bond acceptors (Lipinski definition) is 10. The lowest BCUT2D eigenvalue weighted by molar-refractivity contribution is 0.107. The fourth-order valence-corrected chi connectivity index (χ4v) is 9.22. The number of rotatable bonds is 7. The lowest BCUT2D eigenvalue weighted by Crippen LogP contribution is -2.52. The molecule has 4 saturated heterocycles. The first-order valence-electron chi connectivity index (χ1n) is 16.3. The summed E-state index contributed by atoms with van der Waals surface area (Å²) in [6.07, 6.45) is 4.92. The maximum atomic E-state index is 17.3. The molecule has 10 nitrogen and oxygen atoms in total. The van der Waals surface area contributed by atoms with E-state index >= 15 is 4.39 Å². The molecule has 242 valence electrons. The van der Waals surface area contributed by atoms with Crippen molar-refractivity contribution in [2.75, 3.05) is 43.4 Å². The van der Waals surface area contributed by atoms with Gasteiger partial charge in [-0.15, -0.1) is 0 Å². The second kappa shape index (κ2) is 10.5. The molecule has 0 radical (unpaired) electrons. The van der Waals surface area contributed by atoms with Crippen LogP contribution in [0.5, 0.6) is 6.01 Å². The van der Waals surface area contributed by atoms with Crippen LogP contribution in [0.3, 0.4) is 0 Å². The summed E-state index contributed by atoms with van der Waals surface area (Å²) in [7, 11) is 0. The zero-order valence-corrected chi connectivity index (χ0v) is 26.1. The number of nitrogens with zero attached hydrogens (tertiary/aromatic N) is 6.